The number of likely N-dealkylation sites (tertiary alicyclic amines) is 1. The summed E-state index contributed by atoms with van der Waals surface area (Å²) < 4.78 is 0. The van der Waals surface area contributed by atoms with E-state index in [4.69, 9.17) is 0 Å². The van der Waals surface area contributed by atoms with Gasteiger partial charge in [0.1, 0.15) is 0 Å². The number of benzene rings is 1. The largest absolute Gasteiger partial charge is 0.299 e. The predicted octanol–water partition coefficient (Wildman–Crippen LogP) is 4.42. The van der Waals surface area contributed by atoms with Crippen LogP contribution in [0.2, 0.25) is 0 Å². The molecule has 1 fully saturated rings. The summed E-state index contributed by atoms with van der Waals surface area (Å²) in [7, 11) is 0. The van der Waals surface area contributed by atoms with E-state index in [9.17, 15) is 0 Å². The Morgan fingerprint density at radius 3 is 2.55 bits per heavy atom. The third-order valence-electron chi connectivity index (χ3n) is 4.33. The summed E-state index contributed by atoms with van der Waals surface area (Å²) in [5.74, 6) is 0.809. The first-order chi connectivity index (χ1) is 9.49. The SMILES string of the molecule is C=CCN1CCCC(Cc2ccc(C(C)(C)C)cc2)C1. The van der Waals surface area contributed by atoms with Crippen LogP contribution in [-0.4, -0.2) is 24.5 Å². The molecule has 1 saturated heterocycles. The van der Waals surface area contributed by atoms with Crippen LogP contribution in [0.25, 0.3) is 0 Å². The first-order valence-corrected chi connectivity index (χ1v) is 7.91. The Morgan fingerprint density at radius 1 is 1.25 bits per heavy atom. The van der Waals surface area contributed by atoms with Crippen molar-refractivity contribution in [1.29, 1.82) is 0 Å². The second-order valence-corrected chi connectivity index (χ2v) is 7.21. The highest BCUT2D eigenvalue weighted by atomic mass is 15.1. The molecular weight excluding hydrogens is 242 g/mol. The molecule has 1 unspecified atom stereocenters. The van der Waals surface area contributed by atoms with Gasteiger partial charge >= 0.3 is 0 Å². The van der Waals surface area contributed by atoms with Crippen molar-refractivity contribution in [3.63, 3.8) is 0 Å². The van der Waals surface area contributed by atoms with E-state index in [0.29, 0.717) is 0 Å². The topological polar surface area (TPSA) is 3.24 Å². The van der Waals surface area contributed by atoms with Gasteiger partial charge in [-0.3, -0.25) is 4.90 Å². The Balaban J connectivity index is 1.94. The third kappa shape index (κ3) is 4.21. The highest BCUT2D eigenvalue weighted by molar-refractivity contribution is 5.27. The van der Waals surface area contributed by atoms with Gasteiger partial charge in [-0.05, 0) is 48.3 Å². The normalized spacial score (nSPS) is 20.9. The van der Waals surface area contributed by atoms with E-state index < -0.39 is 0 Å². The lowest BCUT2D eigenvalue weighted by atomic mass is 9.85. The maximum Gasteiger partial charge on any atom is 0.0160 e. The average molecular weight is 271 g/mol. The number of rotatable bonds is 4. The maximum atomic E-state index is 3.85. The second kappa shape index (κ2) is 6.58. The standard InChI is InChI=1S/C19H29N/c1-5-12-20-13-6-7-17(15-20)14-16-8-10-18(11-9-16)19(2,3)4/h5,8-11,17H,1,6-7,12-15H2,2-4H3. The minimum Gasteiger partial charge on any atom is -0.299 e. The van der Waals surface area contributed by atoms with Crippen LogP contribution in [0.15, 0.2) is 36.9 Å². The molecule has 0 saturated carbocycles. The van der Waals surface area contributed by atoms with Gasteiger partial charge in [-0.1, -0.05) is 51.1 Å². The van der Waals surface area contributed by atoms with E-state index in [1.807, 2.05) is 6.08 Å². The zero-order chi connectivity index (χ0) is 14.6. The minimum atomic E-state index is 0.254. The van der Waals surface area contributed by atoms with Gasteiger partial charge in [0.2, 0.25) is 0 Å². The summed E-state index contributed by atoms with van der Waals surface area (Å²) in [4.78, 5) is 2.53. The van der Waals surface area contributed by atoms with Crippen molar-refractivity contribution in [2.75, 3.05) is 19.6 Å². The Kier molecular flexibility index (Phi) is 5.04. The van der Waals surface area contributed by atoms with Crippen molar-refractivity contribution in [3.05, 3.63) is 48.0 Å². The van der Waals surface area contributed by atoms with Gasteiger partial charge in [0, 0.05) is 13.1 Å². The molecule has 20 heavy (non-hydrogen) atoms. The highest BCUT2D eigenvalue weighted by Crippen LogP contribution is 2.25. The summed E-state index contributed by atoms with van der Waals surface area (Å²) in [5.41, 5.74) is 3.17. The first kappa shape index (κ1) is 15.3. The molecular formula is C19H29N. The van der Waals surface area contributed by atoms with Crippen molar-refractivity contribution in [3.8, 4) is 0 Å². The molecule has 0 N–H and O–H groups in total. The molecule has 1 atom stereocenters. The van der Waals surface area contributed by atoms with Crippen molar-refractivity contribution in [2.45, 2.75) is 45.4 Å². The summed E-state index contributed by atoms with van der Waals surface area (Å²) >= 11 is 0. The van der Waals surface area contributed by atoms with E-state index in [2.05, 4.69) is 56.5 Å². The number of nitrogens with zero attached hydrogens (tertiary/aromatic N) is 1. The van der Waals surface area contributed by atoms with Crippen molar-refractivity contribution >= 4 is 0 Å². The molecule has 0 spiro atoms. The monoisotopic (exact) mass is 271 g/mol. The Morgan fingerprint density at radius 2 is 1.95 bits per heavy atom. The fraction of sp³-hybridized carbons (Fsp3) is 0.579. The average Bonchev–Trinajstić information content (AvgIpc) is 2.39. The molecule has 0 radical (unpaired) electrons. The molecule has 1 aromatic rings. The molecule has 1 heterocycles. The Bertz CT molecular complexity index is 424. The molecule has 1 aliphatic heterocycles. The first-order valence-electron chi connectivity index (χ1n) is 7.91. The van der Waals surface area contributed by atoms with Crippen LogP contribution in [-0.2, 0) is 11.8 Å². The maximum absolute atomic E-state index is 3.85. The molecule has 110 valence electrons. The van der Waals surface area contributed by atoms with Crippen LogP contribution in [0.4, 0.5) is 0 Å². The van der Waals surface area contributed by atoms with Crippen LogP contribution >= 0.6 is 0 Å². The van der Waals surface area contributed by atoms with Gasteiger partial charge in [0.05, 0.1) is 0 Å². The van der Waals surface area contributed by atoms with Crippen LogP contribution in [0, 0.1) is 5.92 Å². The van der Waals surface area contributed by atoms with Crippen LogP contribution in [0.5, 0.6) is 0 Å². The minimum absolute atomic E-state index is 0.254. The van der Waals surface area contributed by atoms with Crippen LogP contribution in [0.3, 0.4) is 0 Å². The molecule has 0 amide bonds. The number of hydrogen-bond donors (Lipinski definition) is 0. The molecule has 1 nitrogen and oxygen atoms in total. The summed E-state index contributed by atoms with van der Waals surface area (Å²) in [6.07, 6.45) is 5.95. The lowest BCUT2D eigenvalue weighted by Crippen LogP contribution is -2.36. The third-order valence-corrected chi connectivity index (χ3v) is 4.33. The Hall–Kier alpha value is -1.08. The lowest BCUT2D eigenvalue weighted by Gasteiger charge is -2.32. The van der Waals surface area contributed by atoms with Gasteiger partial charge in [-0.15, -0.1) is 6.58 Å². The smallest absolute Gasteiger partial charge is 0.0160 e. The quantitative estimate of drug-likeness (QED) is 0.733. The van der Waals surface area contributed by atoms with Crippen molar-refractivity contribution in [2.24, 2.45) is 5.92 Å². The molecule has 1 aliphatic rings. The molecule has 0 aliphatic carbocycles. The van der Waals surface area contributed by atoms with E-state index in [-0.39, 0.29) is 5.41 Å². The molecule has 1 aromatic carbocycles. The van der Waals surface area contributed by atoms with E-state index >= 15 is 0 Å². The zero-order valence-corrected chi connectivity index (χ0v) is 13.4. The van der Waals surface area contributed by atoms with Crippen LogP contribution in [0.1, 0.15) is 44.7 Å². The van der Waals surface area contributed by atoms with E-state index in [1.165, 1.54) is 43.5 Å². The summed E-state index contributed by atoms with van der Waals surface area (Å²) in [6.45, 7) is 14.2. The van der Waals surface area contributed by atoms with Gasteiger partial charge in [-0.25, -0.2) is 0 Å². The second-order valence-electron chi connectivity index (χ2n) is 7.21. The van der Waals surface area contributed by atoms with Gasteiger partial charge in [-0.2, -0.15) is 0 Å². The van der Waals surface area contributed by atoms with Crippen molar-refractivity contribution in [1.82, 2.24) is 4.90 Å². The predicted molar refractivity (Wildman–Crippen MR) is 88.2 cm³/mol. The summed E-state index contributed by atoms with van der Waals surface area (Å²) in [6, 6.07) is 9.26. The lowest BCUT2D eigenvalue weighted by molar-refractivity contribution is 0.190. The van der Waals surface area contributed by atoms with E-state index in [0.717, 1.165) is 12.5 Å². The fourth-order valence-electron chi connectivity index (χ4n) is 3.14. The van der Waals surface area contributed by atoms with Crippen molar-refractivity contribution < 1.29 is 0 Å². The van der Waals surface area contributed by atoms with E-state index in [1.54, 1.807) is 0 Å². The number of piperidine rings is 1. The molecule has 2 rings (SSSR count). The Labute approximate surface area is 124 Å². The van der Waals surface area contributed by atoms with Crippen LogP contribution < -0.4 is 0 Å². The molecule has 1 heteroatoms. The van der Waals surface area contributed by atoms with Gasteiger partial charge in [0.15, 0.2) is 0 Å². The number of hydrogen-bond acceptors (Lipinski definition) is 1. The van der Waals surface area contributed by atoms with Gasteiger partial charge in [0.25, 0.3) is 0 Å². The molecule has 0 bridgehead atoms. The highest BCUT2D eigenvalue weighted by Gasteiger charge is 2.19. The summed E-state index contributed by atoms with van der Waals surface area (Å²) in [5, 5.41) is 0. The fourth-order valence-corrected chi connectivity index (χ4v) is 3.14. The zero-order valence-electron chi connectivity index (χ0n) is 13.4. The molecule has 0 aromatic heterocycles. The van der Waals surface area contributed by atoms with Gasteiger partial charge < -0.3 is 0 Å².